The predicted octanol–water partition coefficient (Wildman–Crippen LogP) is 1.23. The maximum Gasteiger partial charge on any atom is 0.146 e. The van der Waals surface area contributed by atoms with Crippen molar-refractivity contribution in [3.05, 3.63) is 0 Å². The Balaban J connectivity index is 2.65. The number of ether oxygens (including phenoxy) is 2. The van der Waals surface area contributed by atoms with Gasteiger partial charge in [0.05, 0.1) is 13.2 Å². The van der Waals surface area contributed by atoms with Gasteiger partial charge in [-0.15, -0.1) is 0 Å². The third-order valence-corrected chi connectivity index (χ3v) is 1.35. The van der Waals surface area contributed by atoms with Crippen molar-refractivity contribution < 1.29 is 9.47 Å². The maximum atomic E-state index is 5.07. The van der Waals surface area contributed by atoms with Gasteiger partial charge in [0.1, 0.15) is 6.79 Å². The molecular weight excluding hydrogens is 168 g/mol. The van der Waals surface area contributed by atoms with Crippen molar-refractivity contribution in [2.24, 2.45) is 0 Å². The second-order valence-electron chi connectivity index (χ2n) is 1.74. The van der Waals surface area contributed by atoms with E-state index in [0.29, 0.717) is 13.4 Å². The molecule has 0 aromatic heterocycles. The summed E-state index contributed by atoms with van der Waals surface area (Å²) in [6.07, 6.45) is 0.980. The topological polar surface area (TPSA) is 18.5 Å². The number of hydrogen-bond donors (Lipinski definition) is 2. The van der Waals surface area contributed by atoms with Crippen LogP contribution < -0.4 is 0 Å². The Labute approximate surface area is 73.1 Å². The van der Waals surface area contributed by atoms with Gasteiger partial charge in [-0.2, -0.15) is 25.3 Å². The molecule has 0 aromatic rings. The molecule has 10 heavy (non-hydrogen) atoms. The van der Waals surface area contributed by atoms with E-state index >= 15 is 0 Å². The molecule has 62 valence electrons. The van der Waals surface area contributed by atoms with Crippen molar-refractivity contribution in [3.63, 3.8) is 0 Å². The predicted molar refractivity (Wildman–Crippen MR) is 49.1 cm³/mol. The van der Waals surface area contributed by atoms with Crippen LogP contribution in [-0.4, -0.2) is 31.5 Å². The average Bonchev–Trinajstić information content (AvgIpc) is 1.97. The highest BCUT2D eigenvalue weighted by atomic mass is 32.1. The van der Waals surface area contributed by atoms with Gasteiger partial charge in [-0.1, -0.05) is 0 Å². The summed E-state index contributed by atoms with van der Waals surface area (Å²) in [6.45, 7) is 1.77. The van der Waals surface area contributed by atoms with Gasteiger partial charge in [0.2, 0.25) is 0 Å². The van der Waals surface area contributed by atoms with Crippen molar-refractivity contribution in [2.45, 2.75) is 6.42 Å². The lowest BCUT2D eigenvalue weighted by molar-refractivity contribution is -0.0476. The van der Waals surface area contributed by atoms with Crippen LogP contribution in [0, 0.1) is 0 Å². The first kappa shape index (κ1) is 10.6. The fourth-order valence-corrected chi connectivity index (χ4v) is 0.666. The Morgan fingerprint density at radius 3 is 2.20 bits per heavy atom. The monoisotopic (exact) mass is 182 g/mol. The highest BCUT2D eigenvalue weighted by Crippen LogP contribution is 1.86. The second-order valence-corrected chi connectivity index (χ2v) is 2.63. The van der Waals surface area contributed by atoms with Crippen molar-refractivity contribution in [1.82, 2.24) is 0 Å². The molecule has 0 atom stereocenters. The number of rotatable bonds is 7. The van der Waals surface area contributed by atoms with E-state index < -0.39 is 0 Å². The summed E-state index contributed by atoms with van der Waals surface area (Å²) in [6, 6.07) is 0. The minimum absolute atomic E-state index is 0.383. The van der Waals surface area contributed by atoms with Gasteiger partial charge < -0.3 is 9.47 Å². The zero-order valence-corrected chi connectivity index (χ0v) is 7.74. The molecule has 2 nitrogen and oxygen atoms in total. The first-order valence-corrected chi connectivity index (χ1v) is 4.55. The van der Waals surface area contributed by atoms with E-state index in [2.05, 4.69) is 25.3 Å². The summed E-state index contributed by atoms with van der Waals surface area (Å²) >= 11 is 8.00. The Morgan fingerprint density at radius 2 is 1.60 bits per heavy atom. The standard InChI is InChI=1S/C6H14O2S2/c9-4-1-2-7-6-8-3-5-10/h9-10H,1-6H2. The van der Waals surface area contributed by atoms with E-state index in [1.165, 1.54) is 0 Å². The molecule has 0 rings (SSSR count). The van der Waals surface area contributed by atoms with Gasteiger partial charge in [-0.05, 0) is 12.2 Å². The molecule has 0 aliphatic heterocycles. The molecule has 0 saturated heterocycles. The number of hydrogen-bond acceptors (Lipinski definition) is 4. The van der Waals surface area contributed by atoms with Crippen molar-refractivity contribution in [2.75, 3.05) is 31.5 Å². The lowest BCUT2D eigenvalue weighted by Crippen LogP contribution is -2.03. The van der Waals surface area contributed by atoms with E-state index in [4.69, 9.17) is 9.47 Å². The second kappa shape index (κ2) is 9.62. The van der Waals surface area contributed by atoms with Crippen LogP contribution in [0.15, 0.2) is 0 Å². The fourth-order valence-electron chi connectivity index (χ4n) is 0.408. The molecule has 4 heteroatoms. The molecule has 0 radical (unpaired) electrons. The SMILES string of the molecule is SCCCOCOCCS. The van der Waals surface area contributed by atoms with Gasteiger partial charge in [-0.3, -0.25) is 0 Å². The van der Waals surface area contributed by atoms with Gasteiger partial charge >= 0.3 is 0 Å². The van der Waals surface area contributed by atoms with E-state index in [-0.39, 0.29) is 0 Å². The first-order valence-electron chi connectivity index (χ1n) is 3.29. The lowest BCUT2D eigenvalue weighted by atomic mass is 10.5. The zero-order valence-electron chi connectivity index (χ0n) is 5.95. The highest BCUT2D eigenvalue weighted by molar-refractivity contribution is 7.80. The molecule has 0 spiro atoms. The molecule has 0 heterocycles. The van der Waals surface area contributed by atoms with Gasteiger partial charge in [0.15, 0.2) is 0 Å². The van der Waals surface area contributed by atoms with E-state index in [1.54, 1.807) is 0 Å². The van der Waals surface area contributed by atoms with Crippen molar-refractivity contribution in [1.29, 1.82) is 0 Å². The molecule has 0 fully saturated rings. The summed E-state index contributed by atoms with van der Waals surface area (Å²) in [5.41, 5.74) is 0. The Hall–Kier alpha value is 0.620. The van der Waals surface area contributed by atoms with Crippen LogP contribution in [0.4, 0.5) is 0 Å². The molecule has 0 amide bonds. The summed E-state index contributed by atoms with van der Waals surface area (Å²) in [5, 5.41) is 0. The van der Waals surface area contributed by atoms with Gasteiger partial charge in [0, 0.05) is 5.75 Å². The minimum atomic E-state index is 0.383. The molecule has 0 saturated carbocycles. The van der Waals surface area contributed by atoms with Crippen LogP contribution in [0.25, 0.3) is 0 Å². The lowest BCUT2D eigenvalue weighted by Gasteiger charge is -2.02. The van der Waals surface area contributed by atoms with Crippen molar-refractivity contribution >= 4 is 25.3 Å². The van der Waals surface area contributed by atoms with Gasteiger partial charge in [-0.25, -0.2) is 0 Å². The van der Waals surface area contributed by atoms with E-state index in [0.717, 1.165) is 24.5 Å². The van der Waals surface area contributed by atoms with Crippen LogP contribution in [-0.2, 0) is 9.47 Å². The van der Waals surface area contributed by atoms with Crippen LogP contribution in [0.2, 0.25) is 0 Å². The molecule has 0 aliphatic rings. The molecule has 0 N–H and O–H groups in total. The summed E-state index contributed by atoms with van der Waals surface area (Å²) in [7, 11) is 0. The minimum Gasteiger partial charge on any atom is -0.355 e. The van der Waals surface area contributed by atoms with Crippen LogP contribution in [0.1, 0.15) is 6.42 Å². The van der Waals surface area contributed by atoms with Gasteiger partial charge in [0.25, 0.3) is 0 Å². The summed E-state index contributed by atoms with van der Waals surface area (Å²) < 4.78 is 10.1. The van der Waals surface area contributed by atoms with Crippen LogP contribution in [0.5, 0.6) is 0 Å². The maximum absolute atomic E-state index is 5.07. The average molecular weight is 182 g/mol. The smallest absolute Gasteiger partial charge is 0.146 e. The van der Waals surface area contributed by atoms with E-state index in [9.17, 15) is 0 Å². The quantitative estimate of drug-likeness (QED) is 0.350. The molecule has 0 bridgehead atoms. The third-order valence-electron chi connectivity index (χ3n) is 0.849. The number of thiol groups is 2. The molecule has 0 aromatic carbocycles. The fraction of sp³-hybridized carbons (Fsp3) is 1.00. The van der Waals surface area contributed by atoms with Crippen LogP contribution >= 0.6 is 25.3 Å². The Morgan fingerprint density at radius 1 is 0.900 bits per heavy atom. The zero-order chi connectivity index (χ0) is 7.66. The third kappa shape index (κ3) is 8.62. The van der Waals surface area contributed by atoms with Crippen LogP contribution in [0.3, 0.4) is 0 Å². The molecule has 0 unspecified atom stereocenters. The Bertz CT molecular complexity index is 53.7. The summed E-state index contributed by atoms with van der Waals surface area (Å²) in [4.78, 5) is 0. The summed E-state index contributed by atoms with van der Waals surface area (Å²) in [5.74, 6) is 1.61. The molecule has 0 aliphatic carbocycles. The largest absolute Gasteiger partial charge is 0.355 e. The van der Waals surface area contributed by atoms with Crippen molar-refractivity contribution in [3.8, 4) is 0 Å². The Kier molecular flexibility index (Phi) is 10.2. The first-order chi connectivity index (χ1) is 4.91. The normalized spacial score (nSPS) is 10.2. The highest BCUT2D eigenvalue weighted by Gasteiger charge is 1.85. The van der Waals surface area contributed by atoms with E-state index in [1.807, 2.05) is 0 Å². The molecular formula is C6H14O2S2.